The van der Waals surface area contributed by atoms with E-state index in [0.29, 0.717) is 6.42 Å². The molecule has 1 rings (SSSR count). The Bertz CT molecular complexity index is 124. The Labute approximate surface area is 65.1 Å². The Morgan fingerprint density at radius 1 is 0.909 bits per heavy atom. The van der Waals surface area contributed by atoms with Gasteiger partial charge in [0.05, 0.1) is 12.2 Å². The van der Waals surface area contributed by atoms with Crippen LogP contribution in [0.3, 0.4) is 0 Å². The van der Waals surface area contributed by atoms with E-state index in [1.54, 1.807) is 6.92 Å². The van der Waals surface area contributed by atoms with Gasteiger partial charge in [0.25, 0.3) is 0 Å². The predicted octanol–water partition coefficient (Wildman–Crippen LogP) is -1.53. The number of aliphatic hydroxyl groups is 4. The SMILES string of the molecule is CC1C[C@@H](O)C(O)[C@H](O)[C@H]1O. The molecule has 1 aliphatic carbocycles. The first-order valence-electron chi connectivity index (χ1n) is 3.76. The first-order valence-corrected chi connectivity index (χ1v) is 3.76. The molecule has 0 aliphatic heterocycles. The van der Waals surface area contributed by atoms with Crippen LogP contribution < -0.4 is 0 Å². The minimum Gasteiger partial charge on any atom is -0.390 e. The van der Waals surface area contributed by atoms with Crippen molar-refractivity contribution >= 4 is 0 Å². The van der Waals surface area contributed by atoms with Crippen LogP contribution >= 0.6 is 0 Å². The van der Waals surface area contributed by atoms with Crippen LogP contribution in [0.5, 0.6) is 0 Å². The van der Waals surface area contributed by atoms with Gasteiger partial charge in [0.1, 0.15) is 12.2 Å². The van der Waals surface area contributed by atoms with Crippen molar-refractivity contribution < 1.29 is 20.4 Å². The molecular weight excluding hydrogens is 148 g/mol. The van der Waals surface area contributed by atoms with Crippen LogP contribution in [0.1, 0.15) is 13.3 Å². The van der Waals surface area contributed by atoms with Crippen LogP contribution in [0, 0.1) is 5.92 Å². The summed E-state index contributed by atoms with van der Waals surface area (Å²) in [5.41, 5.74) is 0. The summed E-state index contributed by atoms with van der Waals surface area (Å²) in [5, 5.41) is 36.5. The summed E-state index contributed by atoms with van der Waals surface area (Å²) in [7, 11) is 0. The molecule has 1 fully saturated rings. The first kappa shape index (κ1) is 8.93. The van der Waals surface area contributed by atoms with E-state index in [2.05, 4.69) is 0 Å². The van der Waals surface area contributed by atoms with E-state index >= 15 is 0 Å². The van der Waals surface area contributed by atoms with Crippen LogP contribution in [-0.4, -0.2) is 44.8 Å². The maximum atomic E-state index is 9.21. The van der Waals surface area contributed by atoms with Crippen molar-refractivity contribution in [1.29, 1.82) is 0 Å². The molecule has 4 nitrogen and oxygen atoms in total. The largest absolute Gasteiger partial charge is 0.390 e. The highest BCUT2D eigenvalue weighted by Crippen LogP contribution is 2.24. The van der Waals surface area contributed by atoms with Gasteiger partial charge in [-0.2, -0.15) is 0 Å². The van der Waals surface area contributed by atoms with Crippen molar-refractivity contribution in [2.24, 2.45) is 5.92 Å². The summed E-state index contributed by atoms with van der Waals surface area (Å²) < 4.78 is 0. The summed E-state index contributed by atoms with van der Waals surface area (Å²) in [5.74, 6) is -0.164. The molecule has 1 saturated carbocycles. The third kappa shape index (κ3) is 1.54. The van der Waals surface area contributed by atoms with Gasteiger partial charge >= 0.3 is 0 Å². The highest BCUT2D eigenvalue weighted by atomic mass is 16.4. The minimum absolute atomic E-state index is 0.164. The summed E-state index contributed by atoms with van der Waals surface area (Å²) in [6, 6.07) is 0. The van der Waals surface area contributed by atoms with E-state index in [4.69, 9.17) is 15.3 Å². The van der Waals surface area contributed by atoms with E-state index in [9.17, 15) is 5.11 Å². The molecular formula is C7H14O4. The van der Waals surface area contributed by atoms with Crippen molar-refractivity contribution in [2.45, 2.75) is 37.8 Å². The summed E-state index contributed by atoms with van der Waals surface area (Å²) in [6.45, 7) is 1.73. The zero-order valence-electron chi connectivity index (χ0n) is 6.38. The summed E-state index contributed by atoms with van der Waals surface area (Å²) in [4.78, 5) is 0. The quantitative estimate of drug-likeness (QED) is 0.348. The lowest BCUT2D eigenvalue weighted by Crippen LogP contribution is -2.52. The van der Waals surface area contributed by atoms with E-state index in [0.717, 1.165) is 0 Å². The van der Waals surface area contributed by atoms with E-state index in [1.165, 1.54) is 0 Å². The molecule has 0 radical (unpaired) electrons. The number of hydrogen-bond donors (Lipinski definition) is 4. The molecule has 4 N–H and O–H groups in total. The number of rotatable bonds is 0. The first-order chi connectivity index (χ1) is 5.04. The van der Waals surface area contributed by atoms with Gasteiger partial charge in [-0.1, -0.05) is 6.92 Å². The molecule has 11 heavy (non-hydrogen) atoms. The van der Waals surface area contributed by atoms with Gasteiger partial charge in [-0.05, 0) is 12.3 Å². The van der Waals surface area contributed by atoms with Crippen LogP contribution in [0.2, 0.25) is 0 Å². The van der Waals surface area contributed by atoms with E-state index < -0.39 is 24.4 Å². The molecule has 2 unspecified atom stereocenters. The topological polar surface area (TPSA) is 80.9 Å². The van der Waals surface area contributed by atoms with Crippen molar-refractivity contribution in [2.75, 3.05) is 0 Å². The van der Waals surface area contributed by atoms with E-state index in [-0.39, 0.29) is 5.92 Å². The lowest BCUT2D eigenvalue weighted by atomic mass is 9.82. The Hall–Kier alpha value is -0.160. The zero-order chi connectivity index (χ0) is 8.59. The molecule has 0 amide bonds. The second-order valence-corrected chi connectivity index (χ2v) is 3.25. The number of hydrogen-bond acceptors (Lipinski definition) is 4. The standard InChI is InChI=1S/C7H14O4/c1-3-2-4(8)6(10)7(11)5(3)9/h3-11H,2H2,1H3/t3?,4-,5+,6?,7-/m1/s1. The molecule has 1 aliphatic rings. The number of aliphatic hydroxyl groups excluding tert-OH is 4. The molecule has 0 aromatic carbocycles. The lowest BCUT2D eigenvalue weighted by molar-refractivity contribution is -0.154. The van der Waals surface area contributed by atoms with Crippen molar-refractivity contribution in [1.82, 2.24) is 0 Å². The second kappa shape index (κ2) is 3.06. The van der Waals surface area contributed by atoms with Crippen molar-refractivity contribution in [3.05, 3.63) is 0 Å². The van der Waals surface area contributed by atoms with Crippen LogP contribution in [0.4, 0.5) is 0 Å². The summed E-state index contributed by atoms with van der Waals surface area (Å²) >= 11 is 0. The predicted molar refractivity (Wildman–Crippen MR) is 37.8 cm³/mol. The van der Waals surface area contributed by atoms with Crippen molar-refractivity contribution in [3.8, 4) is 0 Å². The van der Waals surface area contributed by atoms with E-state index in [1.807, 2.05) is 0 Å². The molecule has 0 saturated heterocycles. The Kier molecular flexibility index (Phi) is 2.49. The second-order valence-electron chi connectivity index (χ2n) is 3.25. The van der Waals surface area contributed by atoms with Gasteiger partial charge in [-0.25, -0.2) is 0 Å². The molecule has 5 atom stereocenters. The molecule has 0 heterocycles. The Morgan fingerprint density at radius 2 is 1.45 bits per heavy atom. The fraction of sp³-hybridized carbons (Fsp3) is 1.00. The van der Waals surface area contributed by atoms with Gasteiger partial charge in [0, 0.05) is 0 Å². The van der Waals surface area contributed by atoms with Crippen LogP contribution in [0.15, 0.2) is 0 Å². The maximum absolute atomic E-state index is 9.21. The average Bonchev–Trinajstić information content (AvgIpc) is 1.97. The molecule has 0 spiro atoms. The average molecular weight is 162 g/mol. The van der Waals surface area contributed by atoms with Crippen LogP contribution in [-0.2, 0) is 0 Å². The smallest absolute Gasteiger partial charge is 0.108 e. The minimum atomic E-state index is -1.21. The van der Waals surface area contributed by atoms with Gasteiger partial charge < -0.3 is 20.4 Å². The monoisotopic (exact) mass is 162 g/mol. The van der Waals surface area contributed by atoms with Gasteiger partial charge in [0.2, 0.25) is 0 Å². The zero-order valence-corrected chi connectivity index (χ0v) is 6.38. The third-order valence-electron chi connectivity index (χ3n) is 2.29. The Morgan fingerprint density at radius 3 is 2.00 bits per heavy atom. The van der Waals surface area contributed by atoms with Crippen molar-refractivity contribution in [3.63, 3.8) is 0 Å². The highest BCUT2D eigenvalue weighted by molar-refractivity contribution is 4.90. The van der Waals surface area contributed by atoms with Crippen LogP contribution in [0.25, 0.3) is 0 Å². The molecule has 0 aromatic heterocycles. The molecule has 0 aromatic rings. The third-order valence-corrected chi connectivity index (χ3v) is 2.29. The molecule has 4 heteroatoms. The fourth-order valence-electron chi connectivity index (χ4n) is 1.43. The van der Waals surface area contributed by atoms with Gasteiger partial charge in [0.15, 0.2) is 0 Å². The fourth-order valence-corrected chi connectivity index (χ4v) is 1.43. The van der Waals surface area contributed by atoms with Gasteiger partial charge in [-0.3, -0.25) is 0 Å². The Balaban J connectivity index is 2.63. The van der Waals surface area contributed by atoms with Gasteiger partial charge in [-0.15, -0.1) is 0 Å². The normalized spacial score (nSPS) is 52.6. The highest BCUT2D eigenvalue weighted by Gasteiger charge is 2.39. The summed E-state index contributed by atoms with van der Waals surface area (Å²) in [6.07, 6.45) is -3.92. The lowest BCUT2D eigenvalue weighted by Gasteiger charge is -2.36. The molecule has 0 bridgehead atoms. The maximum Gasteiger partial charge on any atom is 0.108 e. The molecule has 66 valence electrons.